The number of hydrogen-bond donors (Lipinski definition) is 1. The summed E-state index contributed by atoms with van der Waals surface area (Å²) in [5.41, 5.74) is 2.40. The quantitative estimate of drug-likeness (QED) is 0.158. The van der Waals surface area contributed by atoms with Crippen LogP contribution in [0.1, 0.15) is 83.9 Å². The average molecular weight is 659 g/mol. The van der Waals surface area contributed by atoms with Crippen molar-refractivity contribution in [3.8, 4) is 0 Å². The smallest absolute Gasteiger partial charge is 0.410 e. The van der Waals surface area contributed by atoms with E-state index in [0.29, 0.717) is 19.3 Å². The number of benzene rings is 3. The molecule has 0 aromatic heterocycles. The van der Waals surface area contributed by atoms with Gasteiger partial charge in [-0.05, 0) is 50.3 Å². The Bertz CT molecular complexity index is 1360. The summed E-state index contributed by atoms with van der Waals surface area (Å²) in [4.78, 5) is 55.0. The minimum Gasteiger partial charge on any atom is -0.444 e. The van der Waals surface area contributed by atoms with Crippen LogP contribution in [0.5, 0.6) is 0 Å². The van der Waals surface area contributed by atoms with Gasteiger partial charge in [0.15, 0.2) is 11.6 Å². The van der Waals surface area contributed by atoms with Gasteiger partial charge >= 0.3 is 6.09 Å². The number of hydrogen-bond acceptors (Lipinski definition) is 6. The lowest BCUT2D eigenvalue weighted by molar-refractivity contribution is -0.133. The number of likely N-dealkylation sites (N-methyl/N-ethyl adjacent to an activating group) is 1. The lowest BCUT2D eigenvalue weighted by atomic mass is 9.84. The standard InChI is InChI=1S/C39H50N2O5S/c1-8-32(34(42)10-3)40-36(44)28(26-35(43)33(9-2)41(7)37(45)46-38(4,5)6)27-47-39(29-20-14-11-15-21-29,30-22-16-12-17-23-30)31-24-18-13-19-25-31/h11-25,28,32-33H,8-10,26-27H2,1-7H3,(H,40,44). The van der Waals surface area contributed by atoms with Gasteiger partial charge in [-0.2, -0.15) is 0 Å². The molecule has 0 aliphatic heterocycles. The van der Waals surface area contributed by atoms with E-state index in [2.05, 4.69) is 41.7 Å². The molecule has 0 saturated carbocycles. The number of ketones is 2. The molecule has 0 saturated heterocycles. The van der Waals surface area contributed by atoms with E-state index in [-0.39, 0.29) is 29.6 Å². The number of ether oxygens (including phenoxy) is 1. The first-order valence-corrected chi connectivity index (χ1v) is 17.5. The molecule has 3 atom stereocenters. The number of rotatable bonds is 16. The van der Waals surface area contributed by atoms with E-state index in [1.165, 1.54) is 4.90 Å². The van der Waals surface area contributed by atoms with E-state index >= 15 is 0 Å². The molecule has 0 spiro atoms. The van der Waals surface area contributed by atoms with Gasteiger partial charge in [0.25, 0.3) is 0 Å². The topological polar surface area (TPSA) is 92.8 Å². The number of carbonyl (C=O) groups excluding carboxylic acids is 4. The second kappa shape index (κ2) is 17.3. The average Bonchev–Trinajstić information content (AvgIpc) is 3.07. The lowest BCUT2D eigenvalue weighted by Crippen LogP contribution is -2.47. The molecule has 7 nitrogen and oxygen atoms in total. The zero-order chi connectivity index (χ0) is 34.6. The Hall–Kier alpha value is -3.91. The van der Waals surface area contributed by atoms with Crippen LogP contribution in [0.3, 0.4) is 0 Å². The van der Waals surface area contributed by atoms with Crippen molar-refractivity contribution in [2.75, 3.05) is 12.8 Å². The molecule has 1 N–H and O–H groups in total. The van der Waals surface area contributed by atoms with Crippen molar-refractivity contribution in [2.24, 2.45) is 5.92 Å². The molecule has 0 radical (unpaired) electrons. The largest absolute Gasteiger partial charge is 0.444 e. The number of nitrogens with zero attached hydrogens (tertiary/aromatic N) is 1. The van der Waals surface area contributed by atoms with Gasteiger partial charge in [0.1, 0.15) is 5.60 Å². The molecule has 3 unspecified atom stereocenters. The van der Waals surface area contributed by atoms with Crippen LogP contribution >= 0.6 is 11.8 Å². The Balaban J connectivity index is 2.06. The molecule has 3 rings (SSSR count). The van der Waals surface area contributed by atoms with Crippen LogP contribution in [0.25, 0.3) is 0 Å². The van der Waals surface area contributed by atoms with E-state index in [1.807, 2.05) is 68.4 Å². The van der Waals surface area contributed by atoms with Crippen LogP contribution in [-0.4, -0.2) is 59.0 Å². The molecule has 0 fully saturated rings. The first kappa shape index (κ1) is 37.5. The highest BCUT2D eigenvalue weighted by molar-refractivity contribution is 8.00. The van der Waals surface area contributed by atoms with Gasteiger partial charge in [0.05, 0.1) is 22.7 Å². The zero-order valence-electron chi connectivity index (χ0n) is 28.8. The molecule has 47 heavy (non-hydrogen) atoms. The third kappa shape index (κ3) is 9.80. The molecule has 3 aromatic carbocycles. The second-order valence-corrected chi connectivity index (χ2v) is 14.0. The molecule has 3 aromatic rings. The monoisotopic (exact) mass is 658 g/mol. The van der Waals surface area contributed by atoms with Crippen molar-refractivity contribution < 1.29 is 23.9 Å². The summed E-state index contributed by atoms with van der Waals surface area (Å²) >= 11 is 1.59. The fourth-order valence-electron chi connectivity index (χ4n) is 5.73. The maximum Gasteiger partial charge on any atom is 0.410 e. The summed E-state index contributed by atoms with van der Waals surface area (Å²) < 4.78 is 4.84. The SMILES string of the molecule is CCC(=O)C(CC)NC(=O)C(CSC(c1ccccc1)(c1ccccc1)c1ccccc1)CC(=O)C(CC)N(C)C(=O)OC(C)(C)C. The van der Waals surface area contributed by atoms with Crippen LogP contribution in [0.15, 0.2) is 91.0 Å². The summed E-state index contributed by atoms with van der Waals surface area (Å²) in [6, 6.07) is 29.1. The highest BCUT2D eigenvalue weighted by atomic mass is 32.2. The number of carbonyl (C=O) groups is 4. The molecule has 0 aliphatic rings. The van der Waals surface area contributed by atoms with Crippen molar-refractivity contribution in [1.29, 1.82) is 0 Å². The summed E-state index contributed by atoms with van der Waals surface area (Å²) in [6.45, 7) is 10.8. The molecule has 2 amide bonds. The van der Waals surface area contributed by atoms with Crippen molar-refractivity contribution in [3.05, 3.63) is 108 Å². The molecule has 252 valence electrons. The Kier molecular flexibility index (Phi) is 13.8. The maximum absolute atomic E-state index is 14.1. The van der Waals surface area contributed by atoms with Gasteiger partial charge in [-0.3, -0.25) is 14.4 Å². The summed E-state index contributed by atoms with van der Waals surface area (Å²) in [7, 11) is 1.56. The summed E-state index contributed by atoms with van der Waals surface area (Å²) in [6.07, 6.45) is 0.422. The minimum absolute atomic E-state index is 0.0538. The predicted octanol–water partition coefficient (Wildman–Crippen LogP) is 7.81. The van der Waals surface area contributed by atoms with Crippen LogP contribution in [-0.2, 0) is 23.9 Å². The fraction of sp³-hybridized carbons (Fsp3) is 0.436. The Labute approximate surface area is 284 Å². The minimum atomic E-state index is -0.775. The number of nitrogens with one attached hydrogen (secondary N) is 1. The van der Waals surface area contributed by atoms with Gasteiger partial charge in [-0.15, -0.1) is 11.8 Å². The third-order valence-corrected chi connectivity index (χ3v) is 9.94. The second-order valence-electron chi connectivity index (χ2n) is 12.8. The normalized spacial score (nSPS) is 13.6. The van der Waals surface area contributed by atoms with Crippen LogP contribution < -0.4 is 5.32 Å². The Morgan fingerprint density at radius 1 is 0.745 bits per heavy atom. The van der Waals surface area contributed by atoms with Crippen molar-refractivity contribution in [3.63, 3.8) is 0 Å². The third-order valence-electron chi connectivity index (χ3n) is 8.23. The van der Waals surface area contributed by atoms with E-state index in [0.717, 1.165) is 16.7 Å². The molecule has 8 heteroatoms. The maximum atomic E-state index is 14.1. The molecule has 0 heterocycles. The van der Waals surface area contributed by atoms with E-state index < -0.39 is 34.4 Å². The molecule has 0 aliphatic carbocycles. The first-order valence-electron chi connectivity index (χ1n) is 16.5. The van der Waals surface area contributed by atoms with Gasteiger partial charge < -0.3 is 15.0 Å². The van der Waals surface area contributed by atoms with Crippen molar-refractivity contribution in [2.45, 2.75) is 89.7 Å². The van der Waals surface area contributed by atoms with Gasteiger partial charge in [0, 0.05) is 25.6 Å². The molecular formula is C39H50N2O5S. The first-order chi connectivity index (χ1) is 22.4. The Morgan fingerprint density at radius 2 is 1.21 bits per heavy atom. The van der Waals surface area contributed by atoms with E-state index in [1.54, 1.807) is 46.5 Å². The summed E-state index contributed by atoms with van der Waals surface area (Å²) in [5.74, 6) is -1.14. The highest BCUT2D eigenvalue weighted by Crippen LogP contribution is 2.49. The lowest BCUT2D eigenvalue weighted by Gasteiger charge is -2.37. The van der Waals surface area contributed by atoms with Crippen molar-refractivity contribution in [1.82, 2.24) is 10.2 Å². The molecule has 0 bridgehead atoms. The number of thioether (sulfide) groups is 1. The van der Waals surface area contributed by atoms with Crippen molar-refractivity contribution >= 4 is 35.3 Å². The van der Waals surface area contributed by atoms with E-state index in [4.69, 9.17) is 4.74 Å². The zero-order valence-corrected chi connectivity index (χ0v) is 29.6. The highest BCUT2D eigenvalue weighted by Gasteiger charge is 2.40. The Morgan fingerprint density at radius 3 is 1.60 bits per heavy atom. The number of Topliss-reactive ketones (excluding diaryl/α,β-unsaturated/α-hetero) is 2. The van der Waals surface area contributed by atoms with Gasteiger partial charge in [-0.1, -0.05) is 112 Å². The molecular weight excluding hydrogens is 609 g/mol. The van der Waals surface area contributed by atoms with Gasteiger partial charge in [0.2, 0.25) is 5.91 Å². The van der Waals surface area contributed by atoms with Crippen LogP contribution in [0, 0.1) is 5.92 Å². The predicted molar refractivity (Wildman–Crippen MR) is 190 cm³/mol. The van der Waals surface area contributed by atoms with E-state index in [9.17, 15) is 19.2 Å². The van der Waals surface area contributed by atoms with Gasteiger partial charge in [-0.25, -0.2) is 4.79 Å². The van der Waals surface area contributed by atoms with Crippen LogP contribution in [0.4, 0.5) is 4.79 Å². The fourth-order valence-corrected chi connectivity index (χ4v) is 7.35. The summed E-state index contributed by atoms with van der Waals surface area (Å²) in [5, 5.41) is 2.96. The van der Waals surface area contributed by atoms with Crippen LogP contribution in [0.2, 0.25) is 0 Å². The number of amides is 2.